The van der Waals surface area contributed by atoms with Gasteiger partial charge in [-0.2, -0.15) is 0 Å². The summed E-state index contributed by atoms with van der Waals surface area (Å²) in [4.78, 5) is 36.3. The molecule has 1 aliphatic rings. The maximum absolute atomic E-state index is 12.4. The molecular formula is C18H22BBr2NO5. The van der Waals surface area contributed by atoms with Crippen LogP contribution in [0.15, 0.2) is 27.1 Å². The van der Waals surface area contributed by atoms with Crippen molar-refractivity contribution < 1.29 is 23.7 Å². The van der Waals surface area contributed by atoms with Crippen molar-refractivity contribution in [2.45, 2.75) is 45.5 Å². The lowest BCUT2D eigenvalue weighted by molar-refractivity contribution is -0.135. The second-order valence-corrected chi connectivity index (χ2v) is 8.79. The van der Waals surface area contributed by atoms with E-state index in [9.17, 15) is 14.4 Å². The topological polar surface area (TPSA) is 81.7 Å². The van der Waals surface area contributed by atoms with Crippen LogP contribution in [0.4, 0.5) is 0 Å². The van der Waals surface area contributed by atoms with Gasteiger partial charge < -0.3 is 14.6 Å². The molecule has 1 aromatic carbocycles. The van der Waals surface area contributed by atoms with Crippen LogP contribution < -0.4 is 5.32 Å². The molecule has 0 unspecified atom stereocenters. The van der Waals surface area contributed by atoms with Gasteiger partial charge in [0.25, 0.3) is 5.91 Å². The minimum absolute atomic E-state index is 0.0946. The molecule has 146 valence electrons. The van der Waals surface area contributed by atoms with E-state index in [0.29, 0.717) is 22.4 Å². The maximum Gasteiger partial charge on any atom is 0.531 e. The third-order valence-electron chi connectivity index (χ3n) is 4.17. The summed E-state index contributed by atoms with van der Waals surface area (Å²) < 4.78 is 12.2. The number of Topliss-reactive ketones (excluding diaryl/α,β-unsaturated/α-hetero) is 1. The number of ketones is 1. The smallest absolute Gasteiger partial charge is 0.507 e. The lowest BCUT2D eigenvalue weighted by Gasteiger charge is -2.19. The van der Waals surface area contributed by atoms with Crippen molar-refractivity contribution in [3.63, 3.8) is 0 Å². The third-order valence-corrected chi connectivity index (χ3v) is 5.36. The standard InChI is InChI=1S/C18H22BBr2NO5/c1-10(2)6-12(19-26-11(3)18(25)27-19)7-14(23)9-22-17(24)15-8-13(20)4-5-16(15)21/h4-5,8,10-12H,6-7,9H2,1-3H3,(H,22,24)/t11-,12+/m0/s1. The monoisotopic (exact) mass is 501 g/mol. The number of carbonyl (C=O) groups excluding carboxylic acids is 3. The van der Waals surface area contributed by atoms with Gasteiger partial charge in [-0.3, -0.25) is 14.4 Å². The summed E-state index contributed by atoms with van der Waals surface area (Å²) in [7, 11) is -0.714. The van der Waals surface area contributed by atoms with E-state index < -0.39 is 19.2 Å². The Hall–Kier alpha value is -1.19. The van der Waals surface area contributed by atoms with E-state index >= 15 is 0 Å². The predicted molar refractivity (Wildman–Crippen MR) is 109 cm³/mol. The van der Waals surface area contributed by atoms with Crippen LogP contribution >= 0.6 is 31.9 Å². The highest BCUT2D eigenvalue weighted by Crippen LogP contribution is 2.30. The molecule has 0 aliphatic carbocycles. The highest BCUT2D eigenvalue weighted by molar-refractivity contribution is 9.11. The molecule has 9 heteroatoms. The fraction of sp³-hybridized carbons (Fsp3) is 0.500. The van der Waals surface area contributed by atoms with E-state index in [0.717, 1.165) is 4.47 Å². The van der Waals surface area contributed by atoms with Crippen LogP contribution in [0.2, 0.25) is 5.82 Å². The van der Waals surface area contributed by atoms with Gasteiger partial charge in [-0.1, -0.05) is 29.8 Å². The zero-order valence-corrected chi connectivity index (χ0v) is 18.6. The average molecular weight is 503 g/mol. The van der Waals surface area contributed by atoms with Gasteiger partial charge in [-0.15, -0.1) is 0 Å². The van der Waals surface area contributed by atoms with E-state index in [-0.39, 0.29) is 30.5 Å². The lowest BCUT2D eigenvalue weighted by atomic mass is 9.66. The largest absolute Gasteiger partial charge is 0.531 e. The molecule has 1 amide bonds. The van der Waals surface area contributed by atoms with Gasteiger partial charge in [0, 0.05) is 21.2 Å². The number of rotatable bonds is 8. The van der Waals surface area contributed by atoms with E-state index in [1.807, 2.05) is 19.9 Å². The van der Waals surface area contributed by atoms with Crippen molar-refractivity contribution in [3.8, 4) is 0 Å². The van der Waals surface area contributed by atoms with E-state index in [4.69, 9.17) is 9.31 Å². The molecule has 1 saturated heterocycles. The van der Waals surface area contributed by atoms with Crippen molar-refractivity contribution in [3.05, 3.63) is 32.7 Å². The minimum atomic E-state index is -0.714. The zero-order valence-electron chi connectivity index (χ0n) is 15.5. The van der Waals surface area contributed by atoms with Crippen molar-refractivity contribution in [1.82, 2.24) is 5.32 Å². The highest BCUT2D eigenvalue weighted by Gasteiger charge is 2.44. The summed E-state index contributed by atoms with van der Waals surface area (Å²) in [6.07, 6.45) is 0.234. The molecule has 0 spiro atoms. The molecule has 1 N–H and O–H groups in total. The molecule has 0 bridgehead atoms. The Morgan fingerprint density at radius 3 is 2.59 bits per heavy atom. The summed E-state index contributed by atoms with van der Waals surface area (Å²) in [5, 5.41) is 2.65. The Bertz CT molecular complexity index is 728. The Balaban J connectivity index is 1.94. The Morgan fingerprint density at radius 1 is 1.30 bits per heavy atom. The number of hydrogen-bond donors (Lipinski definition) is 1. The van der Waals surface area contributed by atoms with E-state index in [2.05, 4.69) is 37.2 Å². The van der Waals surface area contributed by atoms with Crippen LogP contribution in [0.25, 0.3) is 0 Å². The van der Waals surface area contributed by atoms with Crippen LogP contribution in [0.1, 0.15) is 44.0 Å². The van der Waals surface area contributed by atoms with Crippen LogP contribution in [-0.2, 0) is 18.9 Å². The molecule has 0 saturated carbocycles. The summed E-state index contributed by atoms with van der Waals surface area (Å²) in [5.41, 5.74) is 0.442. The van der Waals surface area contributed by atoms with Gasteiger partial charge in [-0.05, 0) is 53.4 Å². The molecule has 6 nitrogen and oxygen atoms in total. The predicted octanol–water partition coefficient (Wildman–Crippen LogP) is 3.77. The number of halogens is 2. The fourth-order valence-corrected chi connectivity index (χ4v) is 3.70. The van der Waals surface area contributed by atoms with Crippen LogP contribution in [0, 0.1) is 5.92 Å². The normalized spacial score (nSPS) is 17.8. The Kier molecular flexibility index (Phi) is 8.06. The van der Waals surface area contributed by atoms with Crippen molar-refractivity contribution in [1.29, 1.82) is 0 Å². The number of hydrogen-bond acceptors (Lipinski definition) is 5. The molecule has 2 rings (SSSR count). The van der Waals surface area contributed by atoms with Gasteiger partial charge in [0.1, 0.15) is 6.10 Å². The van der Waals surface area contributed by atoms with Gasteiger partial charge in [0.05, 0.1) is 12.1 Å². The Labute approximate surface area is 176 Å². The maximum atomic E-state index is 12.4. The molecular weight excluding hydrogens is 481 g/mol. The third kappa shape index (κ3) is 6.43. The quantitative estimate of drug-likeness (QED) is 0.547. The van der Waals surface area contributed by atoms with E-state index in [1.165, 1.54) is 0 Å². The SMILES string of the molecule is CC(C)C[C@H](CC(=O)CNC(=O)c1cc(Br)ccc1Br)B1OC(=O)[C@H](C)O1. The van der Waals surface area contributed by atoms with Crippen LogP contribution in [0.3, 0.4) is 0 Å². The van der Waals surface area contributed by atoms with Crippen molar-refractivity contribution >= 4 is 56.6 Å². The molecule has 1 aliphatic heterocycles. The second kappa shape index (κ2) is 9.84. The number of carbonyl (C=O) groups is 3. The summed E-state index contributed by atoms with van der Waals surface area (Å²) in [6.45, 7) is 5.60. The fourth-order valence-electron chi connectivity index (χ4n) is 2.91. The molecule has 0 radical (unpaired) electrons. The van der Waals surface area contributed by atoms with Crippen molar-refractivity contribution in [2.75, 3.05) is 6.54 Å². The number of amides is 1. The van der Waals surface area contributed by atoms with Crippen molar-refractivity contribution in [2.24, 2.45) is 5.92 Å². The first-order chi connectivity index (χ1) is 12.7. The highest BCUT2D eigenvalue weighted by atomic mass is 79.9. The first-order valence-corrected chi connectivity index (χ1v) is 10.4. The minimum Gasteiger partial charge on any atom is -0.507 e. The van der Waals surface area contributed by atoms with Crippen LogP contribution in [0.5, 0.6) is 0 Å². The van der Waals surface area contributed by atoms with Gasteiger partial charge in [0.2, 0.25) is 0 Å². The Morgan fingerprint density at radius 2 is 2.00 bits per heavy atom. The van der Waals surface area contributed by atoms with Gasteiger partial charge in [0.15, 0.2) is 5.78 Å². The summed E-state index contributed by atoms with van der Waals surface area (Å²) in [5.74, 6) is -0.809. The number of benzene rings is 1. The zero-order chi connectivity index (χ0) is 20.1. The first-order valence-electron chi connectivity index (χ1n) is 8.78. The van der Waals surface area contributed by atoms with Crippen LogP contribution in [-0.4, -0.2) is 37.4 Å². The van der Waals surface area contributed by atoms with Gasteiger partial charge in [-0.25, -0.2) is 0 Å². The average Bonchev–Trinajstić information content (AvgIpc) is 2.93. The molecule has 1 heterocycles. The number of nitrogens with one attached hydrogen (secondary N) is 1. The van der Waals surface area contributed by atoms with Gasteiger partial charge >= 0.3 is 13.1 Å². The molecule has 27 heavy (non-hydrogen) atoms. The molecule has 2 atom stereocenters. The molecule has 1 fully saturated rings. The van der Waals surface area contributed by atoms with E-state index in [1.54, 1.807) is 19.1 Å². The lowest BCUT2D eigenvalue weighted by Crippen LogP contribution is -2.33. The molecule has 0 aromatic heterocycles. The summed E-state index contributed by atoms with van der Waals surface area (Å²) >= 11 is 6.65. The second-order valence-electron chi connectivity index (χ2n) is 7.02. The first kappa shape index (κ1) is 22.1. The molecule has 1 aromatic rings. The summed E-state index contributed by atoms with van der Waals surface area (Å²) in [6, 6.07) is 5.25.